The van der Waals surface area contributed by atoms with Gasteiger partial charge in [-0.05, 0) is 43.7 Å². The number of para-hydroxylation sites is 1. The van der Waals surface area contributed by atoms with E-state index in [1.807, 2.05) is 13.8 Å². The van der Waals surface area contributed by atoms with Crippen molar-refractivity contribution in [1.82, 2.24) is 20.5 Å². The molecule has 0 radical (unpaired) electrons. The van der Waals surface area contributed by atoms with Crippen LogP contribution < -0.4 is 16.1 Å². The van der Waals surface area contributed by atoms with Gasteiger partial charge < -0.3 is 25.3 Å². The third kappa shape index (κ3) is 5.75. The second-order valence-corrected chi connectivity index (χ2v) is 8.70. The second-order valence-electron chi connectivity index (χ2n) is 8.70. The molecule has 2 heterocycles. The molecule has 1 saturated heterocycles. The second kappa shape index (κ2) is 10.5. The summed E-state index contributed by atoms with van der Waals surface area (Å²) in [5.74, 6) is -1.07. The molecule has 2 aromatic carbocycles. The van der Waals surface area contributed by atoms with Crippen molar-refractivity contribution in [1.29, 1.82) is 0 Å². The fourth-order valence-corrected chi connectivity index (χ4v) is 4.15. The van der Waals surface area contributed by atoms with Crippen LogP contribution in [-0.4, -0.2) is 59.4 Å². The van der Waals surface area contributed by atoms with Crippen LogP contribution in [0.4, 0.5) is 0 Å². The number of benzene rings is 2. The summed E-state index contributed by atoms with van der Waals surface area (Å²) >= 11 is 0. The van der Waals surface area contributed by atoms with Crippen molar-refractivity contribution >= 4 is 28.6 Å². The number of nitrogens with one attached hydrogen (secondary N) is 3. The van der Waals surface area contributed by atoms with Crippen molar-refractivity contribution in [3.05, 3.63) is 81.6 Å². The standard InChI is InChI=1S/C26H28N4O5/c1-16-14-30(15-17(2)35-16)26(34)19-9-7-18(8-10-19)11-28-23(31)13-29-25(33)21-12-27-22-6-4-3-5-20(22)24(21)32/h3-10,12,16-17H,11,13-15H2,1-2H3,(H,27,32)(H,28,31)(H,29,33). The molecule has 35 heavy (non-hydrogen) atoms. The summed E-state index contributed by atoms with van der Waals surface area (Å²) in [6.45, 7) is 4.98. The van der Waals surface area contributed by atoms with Gasteiger partial charge in [-0.15, -0.1) is 0 Å². The molecule has 2 atom stereocenters. The first-order chi connectivity index (χ1) is 16.8. The van der Waals surface area contributed by atoms with Gasteiger partial charge in [-0.25, -0.2) is 0 Å². The highest BCUT2D eigenvalue weighted by Gasteiger charge is 2.26. The lowest BCUT2D eigenvalue weighted by atomic mass is 10.1. The molecule has 182 valence electrons. The van der Waals surface area contributed by atoms with E-state index in [0.29, 0.717) is 29.6 Å². The van der Waals surface area contributed by atoms with Crippen LogP contribution >= 0.6 is 0 Å². The number of fused-ring (bicyclic) bond motifs is 1. The highest BCUT2D eigenvalue weighted by molar-refractivity contribution is 5.98. The largest absolute Gasteiger partial charge is 0.372 e. The Morgan fingerprint density at radius 2 is 1.69 bits per heavy atom. The highest BCUT2D eigenvalue weighted by atomic mass is 16.5. The minimum atomic E-state index is -0.623. The number of nitrogens with zero attached hydrogens (tertiary/aromatic N) is 1. The molecule has 0 spiro atoms. The van der Waals surface area contributed by atoms with Crippen molar-refractivity contribution in [3.8, 4) is 0 Å². The summed E-state index contributed by atoms with van der Waals surface area (Å²) in [4.78, 5) is 54.6. The summed E-state index contributed by atoms with van der Waals surface area (Å²) in [6, 6.07) is 13.9. The summed E-state index contributed by atoms with van der Waals surface area (Å²) < 4.78 is 5.68. The van der Waals surface area contributed by atoms with Crippen LogP contribution in [0.5, 0.6) is 0 Å². The number of hydrogen-bond acceptors (Lipinski definition) is 5. The van der Waals surface area contributed by atoms with Crippen LogP contribution in [0, 0.1) is 0 Å². The van der Waals surface area contributed by atoms with Crippen molar-refractivity contribution < 1.29 is 19.1 Å². The van der Waals surface area contributed by atoms with E-state index in [1.54, 1.807) is 53.4 Å². The van der Waals surface area contributed by atoms with Crippen LogP contribution in [0.2, 0.25) is 0 Å². The number of morpholine rings is 1. The van der Waals surface area contributed by atoms with E-state index in [2.05, 4.69) is 15.6 Å². The first kappa shape index (κ1) is 24.2. The van der Waals surface area contributed by atoms with Gasteiger partial charge in [-0.2, -0.15) is 0 Å². The molecule has 0 aliphatic carbocycles. The first-order valence-electron chi connectivity index (χ1n) is 11.5. The monoisotopic (exact) mass is 476 g/mol. The number of H-pyrrole nitrogens is 1. The van der Waals surface area contributed by atoms with Crippen LogP contribution in [0.1, 0.15) is 40.1 Å². The zero-order valence-electron chi connectivity index (χ0n) is 19.7. The molecule has 0 saturated carbocycles. The Labute approximate surface area is 202 Å². The Balaban J connectivity index is 1.27. The lowest BCUT2D eigenvalue weighted by molar-refractivity contribution is -0.120. The molecular weight excluding hydrogens is 448 g/mol. The number of aromatic nitrogens is 1. The fraction of sp³-hybridized carbons (Fsp3) is 0.308. The van der Waals surface area contributed by atoms with Gasteiger partial charge in [0.05, 0.1) is 18.8 Å². The Hall–Kier alpha value is -3.98. The number of pyridine rings is 1. The fourth-order valence-electron chi connectivity index (χ4n) is 4.15. The van der Waals surface area contributed by atoms with E-state index in [0.717, 1.165) is 5.56 Å². The molecule has 1 aromatic heterocycles. The first-order valence-corrected chi connectivity index (χ1v) is 11.5. The predicted octanol–water partition coefficient (Wildman–Crippen LogP) is 1.82. The SMILES string of the molecule is CC1CN(C(=O)c2ccc(CNC(=O)CNC(=O)c3c[nH]c4ccccc4c3=O)cc2)CC(C)O1. The summed E-state index contributed by atoms with van der Waals surface area (Å²) in [5.41, 5.74) is 1.58. The Morgan fingerprint density at radius 3 is 2.40 bits per heavy atom. The maximum Gasteiger partial charge on any atom is 0.257 e. The molecule has 3 aromatic rings. The Bertz CT molecular complexity index is 1290. The Kier molecular flexibility index (Phi) is 7.26. The third-order valence-corrected chi connectivity index (χ3v) is 5.84. The van der Waals surface area contributed by atoms with Crippen molar-refractivity contribution in [3.63, 3.8) is 0 Å². The summed E-state index contributed by atoms with van der Waals surface area (Å²) in [7, 11) is 0. The average molecular weight is 477 g/mol. The van der Waals surface area contributed by atoms with Crippen LogP contribution in [0.3, 0.4) is 0 Å². The van der Waals surface area contributed by atoms with E-state index in [9.17, 15) is 19.2 Å². The van der Waals surface area contributed by atoms with Crippen molar-refractivity contribution in [2.75, 3.05) is 19.6 Å². The molecule has 1 aliphatic heterocycles. The molecular formula is C26H28N4O5. The highest BCUT2D eigenvalue weighted by Crippen LogP contribution is 2.15. The lowest BCUT2D eigenvalue weighted by Crippen LogP contribution is -2.48. The van der Waals surface area contributed by atoms with E-state index in [4.69, 9.17) is 4.74 Å². The van der Waals surface area contributed by atoms with Gasteiger partial charge in [0.2, 0.25) is 11.3 Å². The van der Waals surface area contributed by atoms with E-state index in [1.165, 1.54) is 6.20 Å². The number of hydrogen-bond donors (Lipinski definition) is 3. The summed E-state index contributed by atoms with van der Waals surface area (Å²) in [6.07, 6.45) is 1.34. The molecule has 3 N–H and O–H groups in total. The van der Waals surface area contributed by atoms with Gasteiger partial charge in [-0.3, -0.25) is 19.2 Å². The maximum atomic E-state index is 12.8. The minimum absolute atomic E-state index is 0.00252. The molecule has 9 heteroatoms. The van der Waals surface area contributed by atoms with Gasteiger partial charge in [0, 0.05) is 42.3 Å². The smallest absolute Gasteiger partial charge is 0.257 e. The zero-order valence-corrected chi connectivity index (χ0v) is 19.7. The molecule has 1 aliphatic rings. The molecule has 3 amide bonds. The van der Waals surface area contributed by atoms with Crippen LogP contribution in [-0.2, 0) is 16.1 Å². The number of carbonyl (C=O) groups is 3. The topological polar surface area (TPSA) is 121 Å². The van der Waals surface area contributed by atoms with E-state index in [-0.39, 0.29) is 36.8 Å². The molecule has 0 bridgehead atoms. The summed E-state index contributed by atoms with van der Waals surface area (Å²) in [5, 5.41) is 5.61. The van der Waals surface area contributed by atoms with Gasteiger partial charge in [0.15, 0.2) is 0 Å². The van der Waals surface area contributed by atoms with E-state index < -0.39 is 17.2 Å². The number of aromatic amines is 1. The quantitative estimate of drug-likeness (QED) is 0.501. The lowest BCUT2D eigenvalue weighted by Gasteiger charge is -2.35. The minimum Gasteiger partial charge on any atom is -0.372 e. The predicted molar refractivity (Wildman–Crippen MR) is 131 cm³/mol. The zero-order chi connectivity index (χ0) is 24.9. The molecule has 2 unspecified atom stereocenters. The third-order valence-electron chi connectivity index (χ3n) is 5.84. The van der Waals surface area contributed by atoms with Gasteiger partial charge in [-0.1, -0.05) is 24.3 Å². The number of amides is 3. The van der Waals surface area contributed by atoms with Gasteiger partial charge in [0.1, 0.15) is 5.56 Å². The van der Waals surface area contributed by atoms with Crippen molar-refractivity contribution in [2.45, 2.75) is 32.6 Å². The Morgan fingerprint density at radius 1 is 1.00 bits per heavy atom. The number of carbonyl (C=O) groups excluding carboxylic acids is 3. The number of ether oxygens (including phenoxy) is 1. The maximum absolute atomic E-state index is 12.8. The van der Waals surface area contributed by atoms with E-state index >= 15 is 0 Å². The van der Waals surface area contributed by atoms with Crippen LogP contribution in [0.15, 0.2) is 59.5 Å². The molecule has 1 fully saturated rings. The van der Waals surface area contributed by atoms with Gasteiger partial charge in [0.25, 0.3) is 11.8 Å². The molecule has 4 rings (SSSR count). The molecule has 9 nitrogen and oxygen atoms in total. The van der Waals surface area contributed by atoms with Crippen molar-refractivity contribution in [2.24, 2.45) is 0 Å². The average Bonchev–Trinajstić information content (AvgIpc) is 2.85. The normalized spacial score (nSPS) is 17.7. The van der Waals surface area contributed by atoms with Crippen LogP contribution in [0.25, 0.3) is 10.9 Å². The number of rotatable bonds is 6. The van der Waals surface area contributed by atoms with Gasteiger partial charge >= 0.3 is 0 Å².